The van der Waals surface area contributed by atoms with Crippen molar-refractivity contribution < 1.29 is 29.3 Å². The molecule has 33 heavy (non-hydrogen) atoms. The lowest BCUT2D eigenvalue weighted by atomic mass is 10.2. The van der Waals surface area contributed by atoms with Gasteiger partial charge in [-0.05, 0) is 42.5 Å². The van der Waals surface area contributed by atoms with E-state index in [-0.39, 0.29) is 23.9 Å². The van der Waals surface area contributed by atoms with Crippen molar-refractivity contribution in [3.05, 3.63) is 78.4 Å². The van der Waals surface area contributed by atoms with Crippen molar-refractivity contribution in [3.8, 4) is 28.9 Å². The van der Waals surface area contributed by atoms with Crippen LogP contribution in [-0.4, -0.2) is 39.3 Å². The van der Waals surface area contributed by atoms with Crippen molar-refractivity contribution in [1.82, 2.24) is 4.57 Å². The van der Waals surface area contributed by atoms with Crippen LogP contribution in [0.25, 0.3) is 16.5 Å². The smallest absolute Gasteiger partial charge is 0.308 e. The number of amides is 2. The lowest BCUT2D eigenvalue weighted by molar-refractivity contribution is -0.127. The van der Waals surface area contributed by atoms with E-state index in [4.69, 9.17) is 9.47 Å². The summed E-state index contributed by atoms with van der Waals surface area (Å²) in [6.45, 7) is -0.0434. The molecule has 0 aliphatic carbocycles. The lowest BCUT2D eigenvalue weighted by Crippen LogP contribution is -2.35. The average Bonchev–Trinajstić information content (AvgIpc) is 3.12. The van der Waals surface area contributed by atoms with Gasteiger partial charge >= 0.3 is 5.91 Å². The second-order valence-corrected chi connectivity index (χ2v) is 7.29. The molecule has 2 heterocycles. The summed E-state index contributed by atoms with van der Waals surface area (Å²) in [5, 5.41) is 29.0. The van der Waals surface area contributed by atoms with Crippen LogP contribution in [0, 0.1) is 0 Å². The van der Waals surface area contributed by atoms with Gasteiger partial charge in [-0.2, -0.15) is 0 Å². The molecule has 5 rings (SSSR count). The number of ether oxygens (including phenoxy) is 2. The largest absolute Gasteiger partial charge is 0.494 e. The Hall–Kier alpha value is -4.66. The summed E-state index contributed by atoms with van der Waals surface area (Å²) in [4.78, 5) is 24.9. The molecular formula is C24H17N3O6. The van der Waals surface area contributed by atoms with Crippen LogP contribution < -0.4 is 9.47 Å². The van der Waals surface area contributed by atoms with Crippen LogP contribution in [0.2, 0.25) is 0 Å². The Balaban J connectivity index is 1.36. The van der Waals surface area contributed by atoms with E-state index in [1.807, 2.05) is 0 Å². The highest BCUT2D eigenvalue weighted by Crippen LogP contribution is 2.38. The Morgan fingerprint density at radius 2 is 1.52 bits per heavy atom. The summed E-state index contributed by atoms with van der Waals surface area (Å²) in [6, 6.07) is 19.8. The zero-order valence-electron chi connectivity index (χ0n) is 17.1. The number of hydrogen-bond acceptors (Lipinski definition) is 6. The molecule has 9 heteroatoms. The quantitative estimate of drug-likeness (QED) is 0.462. The van der Waals surface area contributed by atoms with Gasteiger partial charge in [-0.25, -0.2) is 0 Å². The number of aromatic nitrogens is 1. The third kappa shape index (κ3) is 3.65. The number of carbonyl (C=O) groups is 2. The fourth-order valence-electron chi connectivity index (χ4n) is 3.59. The third-order valence-electron chi connectivity index (χ3n) is 5.21. The minimum Gasteiger partial charge on any atom is -0.494 e. The van der Waals surface area contributed by atoms with Gasteiger partial charge in [0, 0.05) is 16.3 Å². The topological polar surface area (TPSA) is 123 Å². The molecular weight excluding hydrogens is 426 g/mol. The second-order valence-electron chi connectivity index (χ2n) is 7.29. The highest BCUT2D eigenvalue weighted by molar-refractivity contribution is 5.97. The van der Waals surface area contributed by atoms with E-state index >= 15 is 0 Å². The van der Waals surface area contributed by atoms with Crippen LogP contribution >= 0.6 is 0 Å². The fourth-order valence-corrected chi connectivity index (χ4v) is 3.59. The van der Waals surface area contributed by atoms with Crippen LogP contribution in [0.15, 0.2) is 83.0 Å². The highest BCUT2D eigenvalue weighted by Gasteiger charge is 2.27. The van der Waals surface area contributed by atoms with E-state index in [1.54, 1.807) is 60.7 Å². The number of carbonyl (C=O) groups excluding carboxylic acids is 2. The normalized spacial score (nSPS) is 15.1. The molecule has 0 saturated heterocycles. The Labute approximate surface area is 187 Å². The van der Waals surface area contributed by atoms with Crippen molar-refractivity contribution in [2.75, 3.05) is 6.61 Å². The van der Waals surface area contributed by atoms with E-state index < -0.39 is 17.9 Å². The summed E-state index contributed by atoms with van der Waals surface area (Å²) in [6.07, 6.45) is -1.01. The minimum atomic E-state index is -1.01. The number of nitrogens with zero attached hydrogens (tertiary/aromatic N) is 3. The molecule has 1 aliphatic rings. The summed E-state index contributed by atoms with van der Waals surface area (Å²) >= 11 is 0. The Bertz CT molecular complexity index is 1390. The predicted octanol–water partition coefficient (Wildman–Crippen LogP) is 4.00. The van der Waals surface area contributed by atoms with E-state index in [0.29, 0.717) is 28.0 Å². The molecule has 9 nitrogen and oxygen atoms in total. The zero-order valence-corrected chi connectivity index (χ0v) is 17.1. The Morgan fingerprint density at radius 1 is 0.848 bits per heavy atom. The first-order valence-corrected chi connectivity index (χ1v) is 10.0. The van der Waals surface area contributed by atoms with Crippen LogP contribution in [-0.2, 0) is 4.79 Å². The number of azo groups is 1. The summed E-state index contributed by atoms with van der Waals surface area (Å²) in [5.74, 6) is -0.914. The van der Waals surface area contributed by atoms with Gasteiger partial charge in [-0.15, -0.1) is 10.2 Å². The van der Waals surface area contributed by atoms with Crippen molar-refractivity contribution in [3.63, 3.8) is 0 Å². The van der Waals surface area contributed by atoms with Gasteiger partial charge in [-0.3, -0.25) is 14.2 Å². The Morgan fingerprint density at radius 3 is 2.24 bits per heavy atom. The van der Waals surface area contributed by atoms with E-state index in [2.05, 4.69) is 10.2 Å². The molecule has 2 N–H and O–H groups in total. The molecule has 164 valence electrons. The van der Waals surface area contributed by atoms with Crippen LogP contribution in [0.3, 0.4) is 0 Å². The van der Waals surface area contributed by atoms with Gasteiger partial charge in [0.2, 0.25) is 17.9 Å². The molecule has 0 radical (unpaired) electrons. The summed E-state index contributed by atoms with van der Waals surface area (Å²) < 4.78 is 12.3. The Kier molecular flexibility index (Phi) is 4.98. The lowest BCUT2D eigenvalue weighted by Gasteiger charge is -2.23. The monoisotopic (exact) mass is 443 g/mol. The van der Waals surface area contributed by atoms with Gasteiger partial charge in [0.15, 0.2) is 11.5 Å². The highest BCUT2D eigenvalue weighted by atomic mass is 16.6. The molecule has 0 fully saturated rings. The van der Waals surface area contributed by atoms with E-state index in [9.17, 15) is 19.8 Å². The first kappa shape index (κ1) is 20.3. The van der Waals surface area contributed by atoms with E-state index in [0.717, 1.165) is 0 Å². The molecule has 0 bridgehead atoms. The predicted molar refractivity (Wildman–Crippen MR) is 117 cm³/mol. The maximum Gasteiger partial charge on any atom is 0.308 e. The molecule has 0 spiro atoms. The molecule has 1 aliphatic heterocycles. The molecule has 3 aromatic carbocycles. The van der Waals surface area contributed by atoms with Crippen LogP contribution in [0.1, 0.15) is 10.4 Å². The first-order valence-electron chi connectivity index (χ1n) is 10.0. The van der Waals surface area contributed by atoms with Gasteiger partial charge < -0.3 is 19.7 Å². The molecule has 2 amide bonds. The van der Waals surface area contributed by atoms with Gasteiger partial charge in [-0.1, -0.05) is 30.3 Å². The van der Waals surface area contributed by atoms with Crippen LogP contribution in [0.4, 0.5) is 0 Å². The zero-order chi connectivity index (χ0) is 22.9. The maximum absolute atomic E-state index is 12.5. The SMILES string of the molecule is O=C(N=NC(=O)[C@@H]1COc2ccccc2O1)c1cccc(-n2c(O)c3ccccc3c2O)c1. The van der Waals surface area contributed by atoms with Gasteiger partial charge in [0.1, 0.15) is 6.61 Å². The fraction of sp³-hybridized carbons (Fsp3) is 0.0833. The van der Waals surface area contributed by atoms with Gasteiger partial charge in [0.25, 0.3) is 5.91 Å². The number of hydrogen-bond donors (Lipinski definition) is 2. The molecule has 1 aromatic heterocycles. The van der Waals surface area contributed by atoms with Crippen molar-refractivity contribution in [2.45, 2.75) is 6.10 Å². The number of benzene rings is 3. The third-order valence-corrected chi connectivity index (χ3v) is 5.21. The summed E-state index contributed by atoms with van der Waals surface area (Å²) in [7, 11) is 0. The molecule has 0 saturated carbocycles. The van der Waals surface area contributed by atoms with Crippen LogP contribution in [0.5, 0.6) is 23.3 Å². The average molecular weight is 443 g/mol. The number of para-hydroxylation sites is 2. The number of aromatic hydroxyl groups is 2. The van der Waals surface area contributed by atoms with Crippen molar-refractivity contribution in [1.29, 1.82) is 0 Å². The minimum absolute atomic E-state index is 0.0434. The second kappa shape index (κ2) is 8.12. The molecule has 1 atom stereocenters. The standard InChI is InChI=1S/C24H17N3O6/c28-21(25-26-22(29)20-13-32-18-10-3-4-11-19(18)33-20)14-6-5-7-15(12-14)27-23(30)16-8-1-2-9-17(16)24(27)31/h1-12,20,30-31H,13H2/t20-/m0/s1. The van der Waals surface area contributed by atoms with Crippen molar-refractivity contribution in [2.24, 2.45) is 10.2 Å². The maximum atomic E-state index is 12.5. The number of fused-ring (bicyclic) bond motifs is 2. The molecule has 4 aromatic rings. The van der Waals surface area contributed by atoms with E-state index in [1.165, 1.54) is 16.7 Å². The first-order chi connectivity index (χ1) is 16.0. The molecule has 0 unspecified atom stereocenters. The number of rotatable bonds is 3. The van der Waals surface area contributed by atoms with Gasteiger partial charge in [0.05, 0.1) is 5.69 Å². The summed E-state index contributed by atoms with van der Waals surface area (Å²) in [5.41, 5.74) is 0.459. The van der Waals surface area contributed by atoms with Crippen molar-refractivity contribution >= 4 is 22.6 Å².